The Balaban J connectivity index is 2.19. The highest BCUT2D eigenvalue weighted by Crippen LogP contribution is 2.35. The largest absolute Gasteiger partial charge is 0.487 e. The predicted molar refractivity (Wildman–Crippen MR) is 87.0 cm³/mol. The molecule has 0 unspecified atom stereocenters. The number of hydrogen-bond acceptors (Lipinski definition) is 2. The lowest BCUT2D eigenvalue weighted by Crippen LogP contribution is -1.99. The number of benzene rings is 2. The highest BCUT2D eigenvalue weighted by molar-refractivity contribution is 9.11. The van der Waals surface area contributed by atoms with Crippen molar-refractivity contribution in [3.63, 3.8) is 0 Å². The van der Waals surface area contributed by atoms with Gasteiger partial charge in [0, 0.05) is 26.3 Å². The number of rotatable bonds is 3. The minimum Gasteiger partial charge on any atom is -0.487 e. The molecule has 0 atom stereocenters. The van der Waals surface area contributed by atoms with Crippen LogP contribution in [-0.2, 0) is 6.61 Å². The minimum absolute atomic E-state index is 0.351. The van der Waals surface area contributed by atoms with Gasteiger partial charge in [0.15, 0.2) is 0 Å². The molecule has 19 heavy (non-hydrogen) atoms. The Morgan fingerprint density at radius 3 is 2.58 bits per heavy atom. The average Bonchev–Trinajstić information content (AvgIpc) is 2.37. The SMILES string of the molecule is Nc1cccc(COc2cc(Cl)c(Br)cc2Cl)c1Br. The second-order valence-electron chi connectivity index (χ2n) is 3.81. The van der Waals surface area contributed by atoms with Gasteiger partial charge in [-0.15, -0.1) is 0 Å². The lowest BCUT2D eigenvalue weighted by atomic mass is 10.2. The normalized spacial score (nSPS) is 10.5. The molecular formula is C13H9Br2Cl2NO. The standard InChI is InChI=1S/C13H9Br2Cl2NO/c14-8-4-10(17)12(5-9(8)16)19-6-7-2-1-3-11(18)13(7)15/h1-5H,6,18H2. The first-order valence-electron chi connectivity index (χ1n) is 5.29. The van der Waals surface area contributed by atoms with Crippen molar-refractivity contribution in [3.8, 4) is 5.75 Å². The zero-order chi connectivity index (χ0) is 14.0. The molecule has 2 aromatic carbocycles. The lowest BCUT2D eigenvalue weighted by molar-refractivity contribution is 0.305. The summed E-state index contributed by atoms with van der Waals surface area (Å²) in [5.74, 6) is 0.532. The van der Waals surface area contributed by atoms with Crippen LogP contribution in [-0.4, -0.2) is 0 Å². The van der Waals surface area contributed by atoms with Gasteiger partial charge in [-0.1, -0.05) is 35.3 Å². The molecule has 0 bridgehead atoms. The van der Waals surface area contributed by atoms with E-state index in [2.05, 4.69) is 31.9 Å². The van der Waals surface area contributed by atoms with Gasteiger partial charge in [0.25, 0.3) is 0 Å². The molecule has 0 aliphatic carbocycles. The highest BCUT2D eigenvalue weighted by Gasteiger charge is 2.09. The van der Waals surface area contributed by atoms with Crippen LogP contribution in [0.2, 0.25) is 10.0 Å². The maximum Gasteiger partial charge on any atom is 0.139 e. The van der Waals surface area contributed by atoms with E-state index < -0.39 is 0 Å². The Morgan fingerprint density at radius 2 is 1.84 bits per heavy atom. The van der Waals surface area contributed by atoms with E-state index in [-0.39, 0.29) is 0 Å². The van der Waals surface area contributed by atoms with Crippen LogP contribution in [0.4, 0.5) is 5.69 Å². The van der Waals surface area contributed by atoms with Crippen LogP contribution in [0.25, 0.3) is 0 Å². The smallest absolute Gasteiger partial charge is 0.139 e. The van der Waals surface area contributed by atoms with Crippen molar-refractivity contribution < 1.29 is 4.74 Å². The summed E-state index contributed by atoms with van der Waals surface area (Å²) >= 11 is 18.8. The van der Waals surface area contributed by atoms with E-state index in [9.17, 15) is 0 Å². The maximum absolute atomic E-state index is 6.09. The molecule has 100 valence electrons. The first kappa shape index (κ1) is 15.0. The Bertz CT molecular complexity index is 620. The van der Waals surface area contributed by atoms with Crippen LogP contribution < -0.4 is 10.5 Å². The first-order valence-corrected chi connectivity index (χ1v) is 7.63. The molecule has 2 N–H and O–H groups in total. The molecule has 2 aromatic rings. The number of anilines is 1. The third-order valence-electron chi connectivity index (χ3n) is 2.47. The van der Waals surface area contributed by atoms with Crippen LogP contribution >= 0.6 is 55.1 Å². The van der Waals surface area contributed by atoms with E-state index in [1.807, 2.05) is 18.2 Å². The van der Waals surface area contributed by atoms with Crippen molar-refractivity contribution in [2.75, 3.05) is 5.73 Å². The molecule has 0 radical (unpaired) electrons. The van der Waals surface area contributed by atoms with Gasteiger partial charge in [-0.25, -0.2) is 0 Å². The van der Waals surface area contributed by atoms with E-state index in [1.165, 1.54) is 0 Å². The van der Waals surface area contributed by atoms with E-state index >= 15 is 0 Å². The fourth-order valence-corrected chi connectivity index (χ4v) is 2.71. The second-order valence-corrected chi connectivity index (χ2v) is 6.27. The van der Waals surface area contributed by atoms with Crippen LogP contribution in [0, 0.1) is 0 Å². The number of hydrogen-bond donors (Lipinski definition) is 1. The van der Waals surface area contributed by atoms with Gasteiger partial charge >= 0.3 is 0 Å². The van der Waals surface area contributed by atoms with Crippen molar-refractivity contribution in [1.29, 1.82) is 0 Å². The van der Waals surface area contributed by atoms with Gasteiger partial charge in [-0.3, -0.25) is 0 Å². The molecule has 0 aliphatic rings. The number of nitrogens with two attached hydrogens (primary N) is 1. The summed E-state index contributed by atoms with van der Waals surface area (Å²) in [7, 11) is 0. The molecular weight excluding hydrogens is 417 g/mol. The summed E-state index contributed by atoms with van der Waals surface area (Å²) in [6.45, 7) is 0.351. The molecule has 0 saturated carbocycles. The summed E-state index contributed by atoms with van der Waals surface area (Å²) in [6.07, 6.45) is 0. The maximum atomic E-state index is 6.09. The Hall–Kier alpha value is -0.420. The molecule has 0 heterocycles. The number of halogens is 4. The third kappa shape index (κ3) is 3.57. The van der Waals surface area contributed by atoms with E-state index in [0.29, 0.717) is 28.1 Å². The molecule has 0 saturated heterocycles. The Morgan fingerprint density at radius 1 is 1.11 bits per heavy atom. The fourth-order valence-electron chi connectivity index (χ4n) is 1.48. The highest BCUT2D eigenvalue weighted by atomic mass is 79.9. The summed E-state index contributed by atoms with van der Waals surface area (Å²) in [5.41, 5.74) is 7.42. The first-order chi connectivity index (χ1) is 8.99. The zero-order valence-electron chi connectivity index (χ0n) is 9.59. The van der Waals surface area contributed by atoms with Crippen LogP contribution in [0.5, 0.6) is 5.75 Å². The van der Waals surface area contributed by atoms with Crippen molar-refractivity contribution in [1.82, 2.24) is 0 Å². The lowest BCUT2D eigenvalue weighted by Gasteiger charge is -2.11. The topological polar surface area (TPSA) is 35.2 Å². The van der Waals surface area contributed by atoms with E-state index in [1.54, 1.807) is 12.1 Å². The van der Waals surface area contributed by atoms with E-state index in [0.717, 1.165) is 14.5 Å². The summed E-state index contributed by atoms with van der Waals surface area (Å²) in [4.78, 5) is 0. The Labute approximate surface area is 138 Å². The molecule has 6 heteroatoms. The molecule has 0 amide bonds. The van der Waals surface area contributed by atoms with Gasteiger partial charge in [0.2, 0.25) is 0 Å². The van der Waals surface area contributed by atoms with Gasteiger partial charge in [0.05, 0.1) is 10.0 Å². The van der Waals surface area contributed by atoms with Crippen LogP contribution in [0.3, 0.4) is 0 Å². The van der Waals surface area contributed by atoms with Gasteiger partial charge in [-0.05, 0) is 44.0 Å². The van der Waals surface area contributed by atoms with E-state index in [4.69, 9.17) is 33.7 Å². The molecule has 2 rings (SSSR count). The number of ether oxygens (including phenoxy) is 1. The van der Waals surface area contributed by atoms with Crippen molar-refractivity contribution in [2.45, 2.75) is 6.61 Å². The summed E-state index contributed by atoms with van der Waals surface area (Å²) < 4.78 is 7.23. The zero-order valence-corrected chi connectivity index (χ0v) is 14.3. The van der Waals surface area contributed by atoms with Crippen molar-refractivity contribution in [3.05, 3.63) is 54.9 Å². The third-order valence-corrected chi connectivity index (χ3v) is 4.93. The summed E-state index contributed by atoms with van der Waals surface area (Å²) in [5, 5.41) is 1.04. The fraction of sp³-hybridized carbons (Fsp3) is 0.0769. The van der Waals surface area contributed by atoms with Crippen molar-refractivity contribution in [2.24, 2.45) is 0 Å². The van der Waals surface area contributed by atoms with Gasteiger partial charge < -0.3 is 10.5 Å². The summed E-state index contributed by atoms with van der Waals surface area (Å²) in [6, 6.07) is 8.99. The number of nitrogen functional groups attached to an aromatic ring is 1. The quantitative estimate of drug-likeness (QED) is 0.507. The van der Waals surface area contributed by atoms with Gasteiger partial charge in [-0.2, -0.15) is 0 Å². The molecule has 0 aromatic heterocycles. The van der Waals surface area contributed by atoms with Crippen molar-refractivity contribution >= 4 is 60.7 Å². The predicted octanol–water partition coefficient (Wildman–Crippen LogP) is 5.68. The average molecular weight is 426 g/mol. The van der Waals surface area contributed by atoms with Crippen LogP contribution in [0.15, 0.2) is 39.3 Å². The molecule has 0 fully saturated rings. The molecule has 0 spiro atoms. The van der Waals surface area contributed by atoms with Crippen LogP contribution in [0.1, 0.15) is 5.56 Å². The minimum atomic E-state index is 0.351. The second kappa shape index (κ2) is 6.35. The monoisotopic (exact) mass is 423 g/mol. The molecule has 0 aliphatic heterocycles. The van der Waals surface area contributed by atoms with Gasteiger partial charge in [0.1, 0.15) is 12.4 Å². The molecule has 2 nitrogen and oxygen atoms in total. The Kier molecular flexibility index (Phi) is 5.01.